The van der Waals surface area contributed by atoms with Crippen LogP contribution in [0.1, 0.15) is 44.1 Å². The summed E-state index contributed by atoms with van der Waals surface area (Å²) in [4.78, 5) is 21.9. The summed E-state index contributed by atoms with van der Waals surface area (Å²) in [5, 5.41) is 0. The summed E-state index contributed by atoms with van der Waals surface area (Å²) in [6.45, 7) is 3.92. The zero-order chi connectivity index (χ0) is 15.6. The lowest BCUT2D eigenvalue weighted by molar-refractivity contribution is -0.137. The summed E-state index contributed by atoms with van der Waals surface area (Å²) < 4.78 is 0. The lowest BCUT2D eigenvalue weighted by atomic mass is 10.00. The number of nitrogens with zero attached hydrogens (tertiary/aromatic N) is 3. The summed E-state index contributed by atoms with van der Waals surface area (Å²) in [6, 6.07) is 4.18. The second-order valence-corrected chi connectivity index (χ2v) is 7.54. The van der Waals surface area contributed by atoms with E-state index in [0.717, 1.165) is 44.4 Å². The molecule has 1 saturated carbocycles. The first kappa shape index (κ1) is 15.1. The lowest BCUT2D eigenvalue weighted by Crippen LogP contribution is -2.50. The van der Waals surface area contributed by atoms with Crippen molar-refractivity contribution in [2.75, 3.05) is 19.6 Å². The summed E-state index contributed by atoms with van der Waals surface area (Å²) in [6.07, 6.45) is 11.2. The predicted molar refractivity (Wildman–Crippen MR) is 89.7 cm³/mol. The number of amides is 1. The van der Waals surface area contributed by atoms with E-state index in [0.29, 0.717) is 5.91 Å². The third-order valence-electron chi connectivity index (χ3n) is 6.05. The Hall–Kier alpha value is -1.42. The Bertz CT molecular complexity index is 535. The molecule has 1 aromatic heterocycles. The highest BCUT2D eigenvalue weighted by atomic mass is 16.2. The minimum Gasteiger partial charge on any atom is -0.341 e. The molecular formula is C19H27N3O. The number of likely N-dealkylation sites (tertiary alicyclic amines) is 2. The highest BCUT2D eigenvalue weighted by molar-refractivity contribution is 5.82. The van der Waals surface area contributed by atoms with Crippen LogP contribution < -0.4 is 0 Å². The number of carbonyl (C=O) groups excluding carboxylic acids is 1. The molecule has 1 aliphatic carbocycles. The number of piperidine rings is 1. The monoisotopic (exact) mass is 313 g/mol. The van der Waals surface area contributed by atoms with Gasteiger partial charge in [-0.15, -0.1) is 0 Å². The zero-order valence-electron chi connectivity index (χ0n) is 13.9. The van der Waals surface area contributed by atoms with Crippen molar-refractivity contribution in [3.8, 4) is 0 Å². The van der Waals surface area contributed by atoms with Crippen LogP contribution >= 0.6 is 0 Å². The number of rotatable bonds is 3. The van der Waals surface area contributed by atoms with E-state index in [9.17, 15) is 4.79 Å². The van der Waals surface area contributed by atoms with Crippen LogP contribution in [0.25, 0.3) is 0 Å². The van der Waals surface area contributed by atoms with Gasteiger partial charge in [0.25, 0.3) is 0 Å². The van der Waals surface area contributed by atoms with Crippen LogP contribution in [0.5, 0.6) is 0 Å². The lowest BCUT2D eigenvalue weighted by Gasteiger charge is -2.37. The van der Waals surface area contributed by atoms with Crippen molar-refractivity contribution in [2.45, 2.75) is 51.1 Å². The molecule has 0 spiro atoms. The van der Waals surface area contributed by atoms with Gasteiger partial charge in [-0.05, 0) is 55.7 Å². The van der Waals surface area contributed by atoms with Gasteiger partial charge in [-0.3, -0.25) is 14.7 Å². The van der Waals surface area contributed by atoms with Crippen LogP contribution in [0.2, 0.25) is 0 Å². The van der Waals surface area contributed by atoms with Gasteiger partial charge in [-0.1, -0.05) is 18.9 Å². The largest absolute Gasteiger partial charge is 0.341 e. The molecule has 1 amide bonds. The molecular weight excluding hydrogens is 286 g/mol. The van der Waals surface area contributed by atoms with Gasteiger partial charge >= 0.3 is 0 Å². The standard InChI is InChI=1S/C19H27N3O/c23-19(22-13-16-6-3-7-17(16)14-22)18-8-1-2-10-21(18)12-15-5-4-9-20-11-15/h4-5,9,11,16-18H,1-3,6-8,10,12-14H2/t16-,17-,18-/m0/s1. The van der Waals surface area contributed by atoms with Crippen molar-refractivity contribution in [2.24, 2.45) is 11.8 Å². The van der Waals surface area contributed by atoms with E-state index >= 15 is 0 Å². The Morgan fingerprint density at radius 2 is 1.96 bits per heavy atom. The number of carbonyl (C=O) groups is 1. The molecule has 4 heteroatoms. The van der Waals surface area contributed by atoms with E-state index in [1.165, 1.54) is 37.7 Å². The van der Waals surface area contributed by atoms with Crippen LogP contribution in [0.4, 0.5) is 0 Å². The molecule has 4 nitrogen and oxygen atoms in total. The SMILES string of the molecule is O=C([C@@H]1CCCCN1Cc1cccnc1)N1C[C@@H]2CCC[C@H]2C1. The third-order valence-corrected chi connectivity index (χ3v) is 6.05. The van der Waals surface area contributed by atoms with Crippen molar-refractivity contribution in [3.63, 3.8) is 0 Å². The van der Waals surface area contributed by atoms with E-state index in [4.69, 9.17) is 0 Å². The quantitative estimate of drug-likeness (QED) is 0.861. The Balaban J connectivity index is 1.43. The maximum Gasteiger partial charge on any atom is 0.239 e. The molecule has 0 bridgehead atoms. The van der Waals surface area contributed by atoms with E-state index in [-0.39, 0.29) is 6.04 Å². The highest BCUT2D eigenvalue weighted by Gasteiger charge is 2.41. The minimum absolute atomic E-state index is 0.0859. The molecule has 3 aliphatic rings. The fourth-order valence-corrected chi connectivity index (χ4v) is 4.81. The van der Waals surface area contributed by atoms with Gasteiger partial charge in [-0.25, -0.2) is 0 Å². The number of hydrogen-bond acceptors (Lipinski definition) is 3. The Kier molecular flexibility index (Phi) is 4.34. The van der Waals surface area contributed by atoms with Gasteiger partial charge < -0.3 is 4.90 Å². The van der Waals surface area contributed by atoms with Crippen molar-refractivity contribution < 1.29 is 4.79 Å². The van der Waals surface area contributed by atoms with E-state index in [1.54, 1.807) is 0 Å². The first-order valence-electron chi connectivity index (χ1n) is 9.23. The first-order chi connectivity index (χ1) is 11.3. The molecule has 23 heavy (non-hydrogen) atoms. The fraction of sp³-hybridized carbons (Fsp3) is 0.684. The molecule has 0 N–H and O–H groups in total. The van der Waals surface area contributed by atoms with Crippen LogP contribution in [0.15, 0.2) is 24.5 Å². The Labute approximate surface area is 138 Å². The molecule has 0 radical (unpaired) electrons. The van der Waals surface area contributed by atoms with Crippen molar-refractivity contribution in [1.29, 1.82) is 0 Å². The second kappa shape index (κ2) is 6.60. The van der Waals surface area contributed by atoms with Crippen LogP contribution in [-0.4, -0.2) is 46.4 Å². The molecule has 2 aliphatic heterocycles. The average molecular weight is 313 g/mol. The van der Waals surface area contributed by atoms with Crippen LogP contribution in [0.3, 0.4) is 0 Å². The average Bonchev–Trinajstić information content (AvgIpc) is 3.17. The van der Waals surface area contributed by atoms with Crippen molar-refractivity contribution in [1.82, 2.24) is 14.8 Å². The van der Waals surface area contributed by atoms with Gasteiger partial charge in [-0.2, -0.15) is 0 Å². The van der Waals surface area contributed by atoms with Gasteiger partial charge in [0.15, 0.2) is 0 Å². The number of aromatic nitrogens is 1. The molecule has 2 saturated heterocycles. The van der Waals surface area contributed by atoms with Crippen LogP contribution in [-0.2, 0) is 11.3 Å². The van der Waals surface area contributed by atoms with E-state index in [1.807, 2.05) is 18.5 Å². The number of fused-ring (bicyclic) bond motifs is 1. The molecule has 4 rings (SSSR count). The molecule has 1 aromatic rings. The second-order valence-electron chi connectivity index (χ2n) is 7.54. The normalized spacial score (nSPS) is 31.3. The van der Waals surface area contributed by atoms with Gasteiger partial charge in [0.1, 0.15) is 0 Å². The van der Waals surface area contributed by atoms with Gasteiger partial charge in [0, 0.05) is 32.0 Å². The fourth-order valence-electron chi connectivity index (χ4n) is 4.81. The molecule has 3 heterocycles. The Morgan fingerprint density at radius 3 is 2.70 bits per heavy atom. The number of pyridine rings is 1. The summed E-state index contributed by atoms with van der Waals surface area (Å²) in [7, 11) is 0. The van der Waals surface area contributed by atoms with Gasteiger partial charge in [0.05, 0.1) is 6.04 Å². The topological polar surface area (TPSA) is 36.4 Å². The van der Waals surface area contributed by atoms with E-state index < -0.39 is 0 Å². The molecule has 3 fully saturated rings. The third kappa shape index (κ3) is 3.14. The maximum atomic E-state index is 13.1. The molecule has 0 unspecified atom stereocenters. The first-order valence-corrected chi connectivity index (χ1v) is 9.23. The van der Waals surface area contributed by atoms with Crippen molar-refractivity contribution >= 4 is 5.91 Å². The van der Waals surface area contributed by atoms with E-state index in [2.05, 4.69) is 20.9 Å². The molecule has 124 valence electrons. The maximum absolute atomic E-state index is 13.1. The summed E-state index contributed by atoms with van der Waals surface area (Å²) >= 11 is 0. The molecule has 0 aromatic carbocycles. The summed E-state index contributed by atoms with van der Waals surface area (Å²) in [5.74, 6) is 1.96. The van der Waals surface area contributed by atoms with Gasteiger partial charge in [0.2, 0.25) is 5.91 Å². The van der Waals surface area contributed by atoms with Crippen LogP contribution in [0, 0.1) is 11.8 Å². The molecule has 3 atom stereocenters. The minimum atomic E-state index is 0.0859. The van der Waals surface area contributed by atoms with Crippen molar-refractivity contribution in [3.05, 3.63) is 30.1 Å². The summed E-state index contributed by atoms with van der Waals surface area (Å²) in [5.41, 5.74) is 1.21. The smallest absolute Gasteiger partial charge is 0.239 e. The highest BCUT2D eigenvalue weighted by Crippen LogP contribution is 2.38. The predicted octanol–water partition coefficient (Wildman–Crippen LogP) is 2.69. The Morgan fingerprint density at radius 1 is 1.13 bits per heavy atom. The zero-order valence-corrected chi connectivity index (χ0v) is 13.9. The number of hydrogen-bond donors (Lipinski definition) is 0.